The standard InChI is InChI=1S/C21H36B2F3NO5/c1-17(2)18(3,4)30-22(29-17)10-9-14-12-27(16(28)21(24,25)26)13-15(14)11-23-31-19(5,6)20(7,8)32-23/h14-15H,9-13H2,1-8H3/t14-,15-/m0/s1. The fourth-order valence-electron chi connectivity index (χ4n) is 4.62. The number of nitrogens with zero attached hydrogens (tertiary/aromatic N) is 1. The summed E-state index contributed by atoms with van der Waals surface area (Å²) in [5.41, 5.74) is -1.96. The molecule has 6 nitrogen and oxygen atoms in total. The molecular formula is C21H36B2F3NO5. The minimum Gasteiger partial charge on any atom is -0.403 e. The largest absolute Gasteiger partial charge is 0.471 e. The summed E-state index contributed by atoms with van der Waals surface area (Å²) in [6.45, 7) is 15.7. The van der Waals surface area contributed by atoms with Crippen molar-refractivity contribution < 1.29 is 36.6 Å². The van der Waals surface area contributed by atoms with Gasteiger partial charge in [-0.05, 0) is 79.9 Å². The molecule has 3 saturated heterocycles. The molecule has 11 heteroatoms. The van der Waals surface area contributed by atoms with Gasteiger partial charge in [0.2, 0.25) is 0 Å². The van der Waals surface area contributed by atoms with Gasteiger partial charge in [-0.3, -0.25) is 4.79 Å². The highest BCUT2D eigenvalue weighted by atomic mass is 19.4. The molecule has 0 unspecified atom stereocenters. The molecule has 0 spiro atoms. The van der Waals surface area contributed by atoms with E-state index in [1.807, 2.05) is 55.4 Å². The third-order valence-corrected chi connectivity index (χ3v) is 7.98. The van der Waals surface area contributed by atoms with Crippen LogP contribution in [0.15, 0.2) is 0 Å². The van der Waals surface area contributed by atoms with Crippen molar-refractivity contribution >= 4 is 20.1 Å². The van der Waals surface area contributed by atoms with Gasteiger partial charge in [-0.1, -0.05) is 6.42 Å². The molecule has 32 heavy (non-hydrogen) atoms. The van der Waals surface area contributed by atoms with Crippen molar-refractivity contribution in [2.75, 3.05) is 13.1 Å². The lowest BCUT2D eigenvalue weighted by atomic mass is 9.70. The number of alkyl halides is 3. The van der Waals surface area contributed by atoms with E-state index >= 15 is 0 Å². The molecule has 0 radical (unpaired) electrons. The summed E-state index contributed by atoms with van der Waals surface area (Å²) in [6.07, 6.45) is -3.31. The smallest absolute Gasteiger partial charge is 0.403 e. The molecular weight excluding hydrogens is 425 g/mol. The van der Waals surface area contributed by atoms with E-state index in [0.29, 0.717) is 19.1 Å². The predicted molar refractivity (Wildman–Crippen MR) is 116 cm³/mol. The SMILES string of the molecule is CC1(C)OB(CC[C@H]2CN(C(=O)C(F)(F)F)C[C@@H]2CB2OC(C)(C)C(C)(C)O2)OC1(C)C. The monoisotopic (exact) mass is 461 g/mol. The molecule has 0 aliphatic carbocycles. The van der Waals surface area contributed by atoms with E-state index < -0.39 is 48.7 Å². The van der Waals surface area contributed by atoms with Crippen LogP contribution < -0.4 is 0 Å². The summed E-state index contributed by atoms with van der Waals surface area (Å²) in [4.78, 5) is 12.8. The number of rotatable bonds is 5. The van der Waals surface area contributed by atoms with Gasteiger partial charge in [0.15, 0.2) is 0 Å². The molecule has 0 aromatic rings. The molecule has 3 rings (SSSR count). The zero-order valence-corrected chi connectivity index (χ0v) is 20.5. The lowest BCUT2D eigenvalue weighted by Crippen LogP contribution is -2.41. The lowest BCUT2D eigenvalue weighted by Gasteiger charge is -2.32. The number of likely N-dealkylation sites (tertiary alicyclic amines) is 1. The van der Waals surface area contributed by atoms with E-state index in [4.69, 9.17) is 18.6 Å². The van der Waals surface area contributed by atoms with Crippen LogP contribution in [0, 0.1) is 11.8 Å². The van der Waals surface area contributed by atoms with Crippen LogP contribution in [0.4, 0.5) is 13.2 Å². The van der Waals surface area contributed by atoms with Gasteiger partial charge in [-0.15, -0.1) is 0 Å². The van der Waals surface area contributed by atoms with Crippen molar-refractivity contribution in [1.82, 2.24) is 4.90 Å². The van der Waals surface area contributed by atoms with Gasteiger partial charge in [0.05, 0.1) is 22.4 Å². The van der Waals surface area contributed by atoms with Crippen LogP contribution in [-0.4, -0.2) is 66.7 Å². The molecule has 0 aromatic heterocycles. The van der Waals surface area contributed by atoms with Gasteiger partial charge in [0.1, 0.15) is 0 Å². The van der Waals surface area contributed by atoms with Crippen LogP contribution in [-0.2, 0) is 23.4 Å². The Hall–Kier alpha value is -0.770. The van der Waals surface area contributed by atoms with Gasteiger partial charge >= 0.3 is 26.3 Å². The van der Waals surface area contributed by atoms with E-state index in [0.717, 1.165) is 4.90 Å². The topological polar surface area (TPSA) is 57.2 Å². The van der Waals surface area contributed by atoms with Crippen molar-refractivity contribution in [3.8, 4) is 0 Å². The van der Waals surface area contributed by atoms with Crippen LogP contribution in [0.2, 0.25) is 12.6 Å². The molecule has 3 fully saturated rings. The minimum atomic E-state index is -4.88. The maximum Gasteiger partial charge on any atom is 0.471 e. The average Bonchev–Trinajstić information content (AvgIpc) is 3.14. The number of hydrogen-bond acceptors (Lipinski definition) is 5. The van der Waals surface area contributed by atoms with Crippen molar-refractivity contribution in [3.63, 3.8) is 0 Å². The molecule has 0 aromatic carbocycles. The summed E-state index contributed by atoms with van der Waals surface area (Å²) in [5.74, 6) is -2.08. The number of carbonyl (C=O) groups excluding carboxylic acids is 1. The average molecular weight is 461 g/mol. The zero-order chi connectivity index (χ0) is 24.3. The van der Waals surface area contributed by atoms with Crippen LogP contribution in [0.1, 0.15) is 61.8 Å². The molecule has 1 amide bonds. The van der Waals surface area contributed by atoms with E-state index in [1.54, 1.807) is 0 Å². The summed E-state index contributed by atoms with van der Waals surface area (Å²) < 4.78 is 63.5. The van der Waals surface area contributed by atoms with Gasteiger partial charge in [0.25, 0.3) is 0 Å². The lowest BCUT2D eigenvalue weighted by molar-refractivity contribution is -0.184. The highest BCUT2D eigenvalue weighted by molar-refractivity contribution is 6.46. The fourth-order valence-corrected chi connectivity index (χ4v) is 4.62. The van der Waals surface area contributed by atoms with Gasteiger partial charge in [-0.2, -0.15) is 13.2 Å². The predicted octanol–water partition coefficient (Wildman–Crippen LogP) is 4.20. The Morgan fingerprint density at radius 1 is 0.812 bits per heavy atom. The highest BCUT2D eigenvalue weighted by Crippen LogP contribution is 2.43. The minimum absolute atomic E-state index is 0.0381. The molecule has 2 atom stereocenters. The molecule has 3 aliphatic heterocycles. The molecule has 3 aliphatic rings. The van der Waals surface area contributed by atoms with Crippen LogP contribution in [0.3, 0.4) is 0 Å². The molecule has 0 N–H and O–H groups in total. The third kappa shape index (κ3) is 5.00. The Morgan fingerprint density at radius 3 is 1.66 bits per heavy atom. The Kier molecular flexibility index (Phi) is 6.60. The second-order valence-corrected chi connectivity index (χ2v) is 11.4. The highest BCUT2D eigenvalue weighted by Gasteiger charge is 2.55. The number of halogens is 3. The number of amides is 1. The zero-order valence-electron chi connectivity index (χ0n) is 20.5. The maximum atomic E-state index is 13.1. The summed E-state index contributed by atoms with van der Waals surface area (Å²) in [7, 11) is -0.949. The summed E-state index contributed by atoms with van der Waals surface area (Å²) in [5, 5.41) is 0. The summed E-state index contributed by atoms with van der Waals surface area (Å²) >= 11 is 0. The van der Waals surface area contributed by atoms with E-state index in [9.17, 15) is 18.0 Å². The van der Waals surface area contributed by atoms with Gasteiger partial charge in [0, 0.05) is 13.1 Å². The third-order valence-electron chi connectivity index (χ3n) is 7.98. The van der Waals surface area contributed by atoms with Crippen molar-refractivity contribution in [3.05, 3.63) is 0 Å². The van der Waals surface area contributed by atoms with Crippen molar-refractivity contribution in [2.24, 2.45) is 11.8 Å². The maximum absolute atomic E-state index is 13.1. The van der Waals surface area contributed by atoms with E-state index in [2.05, 4.69) is 0 Å². The van der Waals surface area contributed by atoms with Crippen LogP contribution >= 0.6 is 0 Å². The summed E-state index contributed by atoms with van der Waals surface area (Å²) in [6, 6.07) is 0. The first-order chi connectivity index (χ1) is 14.3. The van der Waals surface area contributed by atoms with Crippen molar-refractivity contribution in [2.45, 2.75) is 103 Å². The normalized spacial score (nSPS) is 30.9. The quantitative estimate of drug-likeness (QED) is 0.575. The fraction of sp³-hybridized carbons (Fsp3) is 0.952. The van der Waals surface area contributed by atoms with Gasteiger partial charge in [-0.25, -0.2) is 0 Å². The van der Waals surface area contributed by atoms with Crippen molar-refractivity contribution in [1.29, 1.82) is 0 Å². The number of hydrogen-bond donors (Lipinski definition) is 0. The Bertz CT molecular complexity index is 697. The Labute approximate surface area is 190 Å². The second-order valence-electron chi connectivity index (χ2n) is 11.4. The molecule has 0 saturated carbocycles. The molecule has 182 valence electrons. The second kappa shape index (κ2) is 8.17. The number of carbonyl (C=O) groups is 1. The van der Waals surface area contributed by atoms with Gasteiger partial charge < -0.3 is 23.5 Å². The first kappa shape index (κ1) is 25.8. The Balaban J connectivity index is 1.68. The van der Waals surface area contributed by atoms with Crippen LogP contribution in [0.5, 0.6) is 0 Å². The van der Waals surface area contributed by atoms with Crippen LogP contribution in [0.25, 0.3) is 0 Å². The first-order valence-corrected chi connectivity index (χ1v) is 11.4. The Morgan fingerprint density at radius 2 is 1.22 bits per heavy atom. The van der Waals surface area contributed by atoms with E-state index in [-0.39, 0.29) is 24.9 Å². The molecule has 3 heterocycles. The van der Waals surface area contributed by atoms with E-state index in [1.165, 1.54) is 0 Å². The molecule has 0 bridgehead atoms. The first-order valence-electron chi connectivity index (χ1n) is 11.4.